The number of nitrogens with zero attached hydrogens (tertiary/aromatic N) is 4. The van der Waals surface area contributed by atoms with Crippen molar-refractivity contribution in [2.75, 3.05) is 20.1 Å². The second-order valence-corrected chi connectivity index (χ2v) is 11.2. The lowest BCUT2D eigenvalue weighted by Crippen LogP contribution is -2.59. The highest BCUT2D eigenvalue weighted by molar-refractivity contribution is 5.81. The highest BCUT2D eigenvalue weighted by Gasteiger charge is 2.59. The fourth-order valence-electron chi connectivity index (χ4n) is 7.31. The number of primary amides is 1. The molecule has 3 atom stereocenters. The van der Waals surface area contributed by atoms with Crippen molar-refractivity contribution in [3.05, 3.63) is 54.4 Å². The summed E-state index contributed by atoms with van der Waals surface area (Å²) in [7, 11) is 1.96. The number of hydrogen-bond acceptors (Lipinski definition) is 6. The molecule has 5 fully saturated rings. The van der Waals surface area contributed by atoms with Gasteiger partial charge in [-0.25, -0.2) is 14.8 Å². The van der Waals surface area contributed by atoms with E-state index < -0.39 is 0 Å². The van der Waals surface area contributed by atoms with E-state index in [1.807, 2.05) is 42.7 Å². The van der Waals surface area contributed by atoms with E-state index in [0.717, 1.165) is 61.2 Å². The first kappa shape index (κ1) is 22.3. The van der Waals surface area contributed by atoms with E-state index in [-0.39, 0.29) is 41.3 Å². The number of aromatic nitrogens is 2. The fraction of sp³-hybridized carbons (Fsp3) is 0.556. The van der Waals surface area contributed by atoms with Gasteiger partial charge in [-0.2, -0.15) is 0 Å². The number of rotatable bonds is 4. The van der Waals surface area contributed by atoms with Gasteiger partial charge in [-0.3, -0.25) is 4.79 Å². The first-order valence-corrected chi connectivity index (χ1v) is 12.7. The first-order chi connectivity index (χ1) is 16.8. The molecule has 0 radical (unpaired) electrons. The molecule has 4 bridgehead atoms. The van der Waals surface area contributed by atoms with Crippen molar-refractivity contribution in [3.63, 3.8) is 0 Å². The van der Waals surface area contributed by atoms with E-state index in [4.69, 9.17) is 10.5 Å². The summed E-state index contributed by atoms with van der Waals surface area (Å²) in [4.78, 5) is 38.3. The van der Waals surface area contributed by atoms with Crippen LogP contribution in [0.5, 0.6) is 0 Å². The topological polar surface area (TPSA) is 102 Å². The molecule has 2 N–H and O–H groups in total. The van der Waals surface area contributed by atoms with Gasteiger partial charge >= 0.3 is 6.09 Å². The molecular weight excluding hydrogens is 442 g/mol. The lowest BCUT2D eigenvalue weighted by atomic mass is 9.48. The summed E-state index contributed by atoms with van der Waals surface area (Å²) in [5, 5.41) is 0. The van der Waals surface area contributed by atoms with Crippen molar-refractivity contribution in [3.8, 4) is 0 Å². The van der Waals surface area contributed by atoms with Crippen molar-refractivity contribution in [2.24, 2.45) is 28.9 Å². The summed E-state index contributed by atoms with van der Waals surface area (Å²) in [6.45, 7) is 5.19. The maximum Gasteiger partial charge on any atom is 0.410 e. The molecule has 1 aromatic rings. The van der Waals surface area contributed by atoms with Gasteiger partial charge in [-0.15, -0.1) is 0 Å². The van der Waals surface area contributed by atoms with Crippen LogP contribution in [0, 0.1) is 23.2 Å². The van der Waals surface area contributed by atoms with Crippen LogP contribution < -0.4 is 5.73 Å². The van der Waals surface area contributed by atoms with E-state index in [9.17, 15) is 9.59 Å². The van der Waals surface area contributed by atoms with Crippen molar-refractivity contribution < 1.29 is 14.3 Å². The molecule has 7 rings (SSSR count). The monoisotopic (exact) mass is 475 g/mol. The van der Waals surface area contributed by atoms with Crippen LogP contribution >= 0.6 is 0 Å². The minimum Gasteiger partial charge on any atom is -0.446 e. The number of likely N-dealkylation sites (N-methyl/N-ethyl adjacent to an activating group) is 1. The lowest BCUT2D eigenvalue weighted by Gasteiger charge is -2.58. The highest BCUT2D eigenvalue weighted by atomic mass is 16.6. The number of ether oxygens (including phenoxy) is 1. The van der Waals surface area contributed by atoms with Gasteiger partial charge in [0.05, 0.1) is 5.41 Å². The Kier molecular flexibility index (Phi) is 5.23. The van der Waals surface area contributed by atoms with E-state index in [1.165, 1.54) is 0 Å². The van der Waals surface area contributed by atoms with E-state index in [0.29, 0.717) is 19.0 Å². The van der Waals surface area contributed by atoms with Crippen LogP contribution in [0.2, 0.25) is 0 Å². The Labute approximate surface area is 205 Å². The molecule has 2 aliphatic heterocycles. The number of carbonyl (C=O) groups excluding carboxylic acids is 2. The third-order valence-corrected chi connectivity index (χ3v) is 9.00. The summed E-state index contributed by atoms with van der Waals surface area (Å²) in [5.41, 5.74) is 8.35. The normalized spacial score (nSPS) is 35.4. The third kappa shape index (κ3) is 3.83. The van der Waals surface area contributed by atoms with Gasteiger partial charge in [0.15, 0.2) is 0 Å². The zero-order chi connectivity index (χ0) is 24.3. The molecule has 0 spiro atoms. The van der Waals surface area contributed by atoms with Gasteiger partial charge in [0.25, 0.3) is 0 Å². The van der Waals surface area contributed by atoms with Crippen LogP contribution in [0.25, 0.3) is 5.57 Å². The van der Waals surface area contributed by atoms with Crippen LogP contribution in [0.1, 0.15) is 55.8 Å². The Morgan fingerprint density at radius 3 is 2.51 bits per heavy atom. The molecule has 3 heterocycles. The first-order valence-electron chi connectivity index (χ1n) is 12.7. The smallest absolute Gasteiger partial charge is 0.410 e. The number of amides is 2. The van der Waals surface area contributed by atoms with Crippen LogP contribution in [0.15, 0.2) is 43.0 Å². The van der Waals surface area contributed by atoms with Gasteiger partial charge in [-0.1, -0.05) is 12.7 Å². The molecule has 8 nitrogen and oxygen atoms in total. The van der Waals surface area contributed by atoms with Gasteiger partial charge in [0.1, 0.15) is 11.9 Å². The Balaban J connectivity index is 1.08. The molecule has 4 saturated carbocycles. The molecule has 1 aromatic heterocycles. The van der Waals surface area contributed by atoms with Crippen LogP contribution in [-0.4, -0.2) is 58.0 Å². The number of nitrogens with two attached hydrogens (primary N) is 1. The number of carbonyl (C=O) groups is 2. The highest BCUT2D eigenvalue weighted by Crippen LogP contribution is 2.60. The van der Waals surface area contributed by atoms with Crippen LogP contribution in [0.3, 0.4) is 0 Å². The van der Waals surface area contributed by atoms with Crippen molar-refractivity contribution >= 4 is 17.6 Å². The average Bonchev–Trinajstić information content (AvgIpc) is 3.33. The number of allylic oxidation sites excluding steroid dienone is 3. The van der Waals surface area contributed by atoms with Crippen LogP contribution in [0.4, 0.5) is 4.79 Å². The van der Waals surface area contributed by atoms with Gasteiger partial charge in [-0.05, 0) is 62.4 Å². The minimum atomic E-state index is -0.367. The van der Waals surface area contributed by atoms with Crippen LogP contribution in [-0.2, 0) is 9.53 Å². The molecule has 0 aromatic carbocycles. The van der Waals surface area contributed by atoms with E-state index in [2.05, 4.69) is 16.5 Å². The summed E-state index contributed by atoms with van der Waals surface area (Å²) in [5.74, 6) is 1.76. The Bertz CT molecular complexity index is 1110. The molecule has 3 unspecified atom stereocenters. The predicted molar refractivity (Wildman–Crippen MR) is 130 cm³/mol. The largest absolute Gasteiger partial charge is 0.446 e. The summed E-state index contributed by atoms with van der Waals surface area (Å²) < 4.78 is 6.10. The summed E-state index contributed by atoms with van der Waals surface area (Å²) >= 11 is 0. The number of hydrogen-bond donors (Lipinski definition) is 1. The maximum atomic E-state index is 13.1. The number of likely N-dealkylation sites (tertiary alicyclic amines) is 1. The SMILES string of the molecule is C=C1C=CC(c2cnc(C3CCN(C(=O)O[C@H]4C5CC6CC4C[C@](C(N)=O)(C6)C5)C3)nc2)=CN1C. The maximum absolute atomic E-state index is 13.1. The quantitative estimate of drug-likeness (QED) is 0.716. The minimum absolute atomic E-state index is 0.0906. The molecule has 6 aliphatic rings. The lowest BCUT2D eigenvalue weighted by molar-refractivity contribution is -0.161. The van der Waals surface area contributed by atoms with Crippen molar-refractivity contribution in [1.82, 2.24) is 19.8 Å². The van der Waals surface area contributed by atoms with Gasteiger partial charge in [0.2, 0.25) is 5.91 Å². The predicted octanol–water partition coefficient (Wildman–Crippen LogP) is 3.44. The molecule has 35 heavy (non-hydrogen) atoms. The standard InChI is InChI=1S/C27H33N5O3/c1-16-3-4-18(14-31(16)2)22-12-29-24(30-13-22)19-5-6-32(15-19)26(34)35-23-20-7-17-8-21(23)11-27(9-17,10-20)25(28)33/h3-4,12-14,17,19-21,23H,1,5-11,15H2,2H3,(H2,28,33)/t17?,19?,20?,21?,23-,27-. The third-order valence-electron chi connectivity index (χ3n) is 9.00. The molecular formula is C27H33N5O3. The summed E-state index contributed by atoms with van der Waals surface area (Å²) in [6.07, 6.45) is 14.7. The Morgan fingerprint density at radius 2 is 1.86 bits per heavy atom. The molecule has 4 aliphatic carbocycles. The zero-order valence-corrected chi connectivity index (χ0v) is 20.2. The van der Waals surface area contributed by atoms with Gasteiger partial charge < -0.3 is 20.3 Å². The van der Waals surface area contributed by atoms with Gasteiger partial charge in [0, 0.05) is 61.5 Å². The van der Waals surface area contributed by atoms with E-state index >= 15 is 0 Å². The van der Waals surface area contributed by atoms with Crippen molar-refractivity contribution in [2.45, 2.75) is 50.5 Å². The fourth-order valence-corrected chi connectivity index (χ4v) is 7.31. The molecule has 2 amide bonds. The van der Waals surface area contributed by atoms with Crippen molar-refractivity contribution in [1.29, 1.82) is 0 Å². The molecule has 184 valence electrons. The second kappa shape index (κ2) is 8.21. The Morgan fingerprint density at radius 1 is 1.14 bits per heavy atom. The average molecular weight is 476 g/mol. The Hall–Kier alpha value is -3.16. The second-order valence-electron chi connectivity index (χ2n) is 11.2. The molecule has 8 heteroatoms. The van der Waals surface area contributed by atoms with E-state index in [1.54, 1.807) is 4.90 Å². The zero-order valence-electron chi connectivity index (χ0n) is 20.2. The summed E-state index contributed by atoms with van der Waals surface area (Å²) in [6, 6.07) is 0. The molecule has 1 saturated heterocycles.